The Morgan fingerprint density at radius 3 is 2.96 bits per heavy atom. The van der Waals surface area contributed by atoms with E-state index in [1.807, 2.05) is 46.8 Å². The number of nitrogens with zero attached hydrogens (tertiary/aromatic N) is 3. The van der Waals surface area contributed by atoms with Gasteiger partial charge in [-0.3, -0.25) is 4.79 Å². The highest BCUT2D eigenvalue weighted by Gasteiger charge is 2.23. The monoisotopic (exact) mass is 377 g/mol. The molecule has 0 bridgehead atoms. The summed E-state index contributed by atoms with van der Waals surface area (Å²) in [6.45, 7) is 6.16. The van der Waals surface area contributed by atoms with Crippen molar-refractivity contribution in [3.8, 4) is 0 Å². The van der Waals surface area contributed by atoms with Gasteiger partial charge in [0.1, 0.15) is 5.65 Å². The summed E-state index contributed by atoms with van der Waals surface area (Å²) in [6.07, 6.45) is 6.36. The van der Waals surface area contributed by atoms with Gasteiger partial charge in [0, 0.05) is 32.1 Å². The maximum atomic E-state index is 13.2. The fraction of sp³-hybridized carbons (Fsp3) is 0.391. The molecule has 0 saturated carbocycles. The van der Waals surface area contributed by atoms with Crippen molar-refractivity contribution >= 4 is 11.6 Å². The first-order valence-electron chi connectivity index (χ1n) is 9.96. The van der Waals surface area contributed by atoms with Crippen molar-refractivity contribution in [2.45, 2.75) is 45.8 Å². The standard InChI is InChI=1S/C23H27N3O2/c1-17-6-3-8-19(12-17)15-25(16-21-9-5-11-28-21)22(27)13-20-14-24-23-18(2)7-4-10-26(20)23/h3-4,6-8,10,12,14,21H,5,9,11,13,15-16H2,1-2H3. The van der Waals surface area contributed by atoms with E-state index in [0.29, 0.717) is 19.5 Å². The van der Waals surface area contributed by atoms with E-state index in [4.69, 9.17) is 4.74 Å². The van der Waals surface area contributed by atoms with Crippen molar-refractivity contribution in [1.29, 1.82) is 0 Å². The van der Waals surface area contributed by atoms with E-state index in [0.717, 1.165) is 41.9 Å². The number of aromatic nitrogens is 2. The number of carbonyl (C=O) groups excluding carboxylic acids is 1. The highest BCUT2D eigenvalue weighted by Crippen LogP contribution is 2.18. The molecule has 1 atom stereocenters. The zero-order valence-corrected chi connectivity index (χ0v) is 16.6. The Hall–Kier alpha value is -2.66. The molecule has 1 aromatic carbocycles. The van der Waals surface area contributed by atoms with Crippen LogP contribution < -0.4 is 0 Å². The summed E-state index contributed by atoms with van der Waals surface area (Å²) >= 11 is 0. The van der Waals surface area contributed by atoms with Crippen LogP contribution in [0.3, 0.4) is 0 Å². The first-order chi connectivity index (χ1) is 13.6. The fourth-order valence-corrected chi connectivity index (χ4v) is 3.92. The number of pyridine rings is 1. The molecule has 2 aromatic heterocycles. The number of benzene rings is 1. The molecule has 3 heterocycles. The molecule has 5 nitrogen and oxygen atoms in total. The molecule has 28 heavy (non-hydrogen) atoms. The lowest BCUT2D eigenvalue weighted by atomic mass is 10.1. The third-order valence-electron chi connectivity index (χ3n) is 5.40. The second-order valence-electron chi connectivity index (χ2n) is 7.71. The zero-order valence-electron chi connectivity index (χ0n) is 16.6. The Labute approximate surface area is 166 Å². The van der Waals surface area contributed by atoms with E-state index >= 15 is 0 Å². The van der Waals surface area contributed by atoms with Gasteiger partial charge in [-0.2, -0.15) is 0 Å². The number of ether oxygens (including phenoxy) is 1. The molecular weight excluding hydrogens is 350 g/mol. The average molecular weight is 377 g/mol. The molecule has 5 heteroatoms. The Morgan fingerprint density at radius 1 is 1.29 bits per heavy atom. The van der Waals surface area contributed by atoms with E-state index < -0.39 is 0 Å². The summed E-state index contributed by atoms with van der Waals surface area (Å²) in [5.41, 5.74) is 5.30. The minimum atomic E-state index is 0.111. The number of hydrogen-bond donors (Lipinski definition) is 0. The van der Waals surface area contributed by atoms with Crippen LogP contribution in [0.4, 0.5) is 0 Å². The van der Waals surface area contributed by atoms with Crippen molar-refractivity contribution in [2.75, 3.05) is 13.2 Å². The van der Waals surface area contributed by atoms with Crippen LogP contribution in [0.5, 0.6) is 0 Å². The summed E-state index contributed by atoms with van der Waals surface area (Å²) in [5, 5.41) is 0. The summed E-state index contributed by atoms with van der Waals surface area (Å²) in [7, 11) is 0. The lowest BCUT2D eigenvalue weighted by Gasteiger charge is -2.26. The van der Waals surface area contributed by atoms with Crippen LogP contribution in [-0.4, -0.2) is 39.4 Å². The van der Waals surface area contributed by atoms with E-state index in [9.17, 15) is 4.79 Å². The largest absolute Gasteiger partial charge is 0.376 e. The number of imidazole rings is 1. The van der Waals surface area contributed by atoms with Crippen molar-refractivity contribution in [3.63, 3.8) is 0 Å². The van der Waals surface area contributed by atoms with E-state index in [2.05, 4.69) is 30.1 Å². The highest BCUT2D eigenvalue weighted by atomic mass is 16.5. The smallest absolute Gasteiger partial charge is 0.228 e. The maximum Gasteiger partial charge on any atom is 0.228 e. The van der Waals surface area contributed by atoms with Crippen molar-refractivity contribution in [2.24, 2.45) is 0 Å². The van der Waals surface area contributed by atoms with Crippen LogP contribution in [0.25, 0.3) is 5.65 Å². The topological polar surface area (TPSA) is 46.8 Å². The second-order valence-corrected chi connectivity index (χ2v) is 7.71. The maximum absolute atomic E-state index is 13.2. The molecule has 4 rings (SSSR count). The van der Waals surface area contributed by atoms with Gasteiger partial charge in [0.15, 0.2) is 0 Å². The number of hydrogen-bond acceptors (Lipinski definition) is 3. The molecule has 1 saturated heterocycles. The lowest BCUT2D eigenvalue weighted by Crippen LogP contribution is -2.38. The quantitative estimate of drug-likeness (QED) is 0.658. The fourth-order valence-electron chi connectivity index (χ4n) is 3.92. The zero-order chi connectivity index (χ0) is 19.5. The Balaban J connectivity index is 1.55. The summed E-state index contributed by atoms with van der Waals surface area (Å²) in [4.78, 5) is 19.7. The molecule has 146 valence electrons. The van der Waals surface area contributed by atoms with Crippen LogP contribution in [0, 0.1) is 13.8 Å². The Bertz CT molecular complexity index is 973. The van der Waals surface area contributed by atoms with Gasteiger partial charge in [0.25, 0.3) is 0 Å². The summed E-state index contributed by atoms with van der Waals surface area (Å²) < 4.78 is 7.82. The number of amides is 1. The molecule has 0 radical (unpaired) electrons. The minimum Gasteiger partial charge on any atom is -0.376 e. The van der Waals surface area contributed by atoms with Gasteiger partial charge in [0.05, 0.1) is 18.2 Å². The number of carbonyl (C=O) groups is 1. The third kappa shape index (κ3) is 4.09. The van der Waals surface area contributed by atoms with Gasteiger partial charge >= 0.3 is 0 Å². The van der Waals surface area contributed by atoms with Crippen LogP contribution in [0.1, 0.15) is 35.2 Å². The third-order valence-corrected chi connectivity index (χ3v) is 5.40. The van der Waals surface area contributed by atoms with E-state index in [1.54, 1.807) is 0 Å². The van der Waals surface area contributed by atoms with Crippen molar-refractivity contribution in [3.05, 3.63) is 71.2 Å². The summed E-state index contributed by atoms with van der Waals surface area (Å²) in [5.74, 6) is 0.111. The Morgan fingerprint density at radius 2 is 2.18 bits per heavy atom. The Kier molecular flexibility index (Phi) is 5.44. The highest BCUT2D eigenvalue weighted by molar-refractivity contribution is 5.78. The van der Waals surface area contributed by atoms with Crippen LogP contribution in [-0.2, 0) is 22.5 Å². The predicted molar refractivity (Wildman–Crippen MR) is 109 cm³/mol. The van der Waals surface area contributed by atoms with E-state index in [1.165, 1.54) is 5.56 Å². The second kappa shape index (κ2) is 8.15. The molecule has 0 spiro atoms. The van der Waals surface area contributed by atoms with Gasteiger partial charge in [-0.15, -0.1) is 0 Å². The molecule has 1 unspecified atom stereocenters. The minimum absolute atomic E-state index is 0.111. The molecule has 1 amide bonds. The van der Waals surface area contributed by atoms with Crippen LogP contribution >= 0.6 is 0 Å². The summed E-state index contributed by atoms with van der Waals surface area (Å²) in [6, 6.07) is 12.4. The predicted octanol–water partition coefficient (Wildman–Crippen LogP) is 3.70. The van der Waals surface area contributed by atoms with Gasteiger partial charge in [-0.25, -0.2) is 4.98 Å². The van der Waals surface area contributed by atoms with E-state index in [-0.39, 0.29) is 12.0 Å². The first-order valence-corrected chi connectivity index (χ1v) is 9.96. The van der Waals surface area contributed by atoms with Crippen LogP contribution in [0.2, 0.25) is 0 Å². The molecule has 1 aliphatic rings. The molecular formula is C23H27N3O2. The average Bonchev–Trinajstić information content (AvgIpc) is 3.32. The molecule has 3 aromatic rings. The molecule has 1 fully saturated rings. The van der Waals surface area contributed by atoms with Crippen molar-refractivity contribution in [1.82, 2.24) is 14.3 Å². The first kappa shape index (κ1) is 18.7. The normalized spacial score (nSPS) is 16.6. The van der Waals surface area contributed by atoms with Gasteiger partial charge in [-0.05, 0) is 43.9 Å². The van der Waals surface area contributed by atoms with Crippen molar-refractivity contribution < 1.29 is 9.53 Å². The van der Waals surface area contributed by atoms with Gasteiger partial charge in [0.2, 0.25) is 5.91 Å². The molecule has 1 aliphatic heterocycles. The molecule has 0 aliphatic carbocycles. The number of aryl methyl sites for hydroxylation is 2. The lowest BCUT2D eigenvalue weighted by molar-refractivity contribution is -0.132. The van der Waals surface area contributed by atoms with Gasteiger partial charge in [-0.1, -0.05) is 35.9 Å². The number of rotatable bonds is 6. The van der Waals surface area contributed by atoms with Gasteiger partial charge < -0.3 is 14.0 Å². The SMILES string of the molecule is Cc1cccc(CN(CC2CCCO2)C(=O)Cc2cnc3c(C)cccn23)c1. The van der Waals surface area contributed by atoms with Crippen LogP contribution in [0.15, 0.2) is 48.8 Å². The molecule has 0 N–H and O–H groups in total. The number of fused-ring (bicyclic) bond motifs is 1.